The van der Waals surface area contributed by atoms with Crippen molar-refractivity contribution in [2.75, 3.05) is 18.4 Å². The number of hydrogen-bond acceptors (Lipinski definition) is 2. The van der Waals surface area contributed by atoms with Crippen LogP contribution in [0.4, 0.5) is 10.5 Å². The molecule has 0 aliphatic heterocycles. The summed E-state index contributed by atoms with van der Waals surface area (Å²) in [4.78, 5) is 21.5. The zero-order valence-electron chi connectivity index (χ0n) is 12.9. The van der Waals surface area contributed by atoms with Gasteiger partial charge in [-0.05, 0) is 31.0 Å². The Morgan fingerprint density at radius 3 is 2.62 bits per heavy atom. The molecule has 0 radical (unpaired) electrons. The van der Waals surface area contributed by atoms with Gasteiger partial charge in [-0.1, -0.05) is 26.7 Å². The van der Waals surface area contributed by atoms with Gasteiger partial charge in [0.2, 0.25) is 0 Å². The van der Waals surface area contributed by atoms with E-state index in [1.54, 1.807) is 6.33 Å². The second-order valence-electron chi connectivity index (χ2n) is 5.26. The molecule has 0 aliphatic carbocycles. The van der Waals surface area contributed by atoms with Crippen molar-refractivity contribution in [2.45, 2.75) is 39.5 Å². The number of carbonyl (C=O) groups excluding carboxylic acids is 1. The summed E-state index contributed by atoms with van der Waals surface area (Å²) in [7, 11) is 0. The smallest absolute Gasteiger partial charge is 0.321 e. The molecule has 0 spiro atoms. The molecule has 1 aromatic carbocycles. The molecule has 2 rings (SSSR count). The predicted octanol–water partition coefficient (Wildman–Crippen LogP) is 4.00. The molecule has 2 N–H and O–H groups in total. The molecule has 2 amide bonds. The van der Waals surface area contributed by atoms with Crippen LogP contribution >= 0.6 is 0 Å². The Labute approximate surface area is 125 Å². The van der Waals surface area contributed by atoms with E-state index >= 15 is 0 Å². The molecule has 1 heterocycles. The largest absolute Gasteiger partial charge is 0.345 e. The normalized spacial score (nSPS) is 10.8. The van der Waals surface area contributed by atoms with Crippen LogP contribution in [0.25, 0.3) is 11.0 Å². The molecule has 21 heavy (non-hydrogen) atoms. The molecule has 114 valence electrons. The highest BCUT2D eigenvalue weighted by Gasteiger charge is 2.12. The van der Waals surface area contributed by atoms with E-state index in [1.165, 1.54) is 0 Å². The summed E-state index contributed by atoms with van der Waals surface area (Å²) in [6, 6.07) is 5.69. The number of benzene rings is 1. The third kappa shape index (κ3) is 4.21. The van der Waals surface area contributed by atoms with Crippen LogP contribution in [0.2, 0.25) is 0 Å². The van der Waals surface area contributed by atoms with Crippen molar-refractivity contribution in [1.29, 1.82) is 0 Å². The van der Waals surface area contributed by atoms with E-state index in [4.69, 9.17) is 0 Å². The van der Waals surface area contributed by atoms with E-state index in [-0.39, 0.29) is 6.03 Å². The number of rotatable bonds is 7. The summed E-state index contributed by atoms with van der Waals surface area (Å²) in [5, 5.41) is 2.98. The molecular formula is C16H24N4O. The van der Waals surface area contributed by atoms with Crippen LogP contribution in [0.15, 0.2) is 24.5 Å². The zero-order valence-corrected chi connectivity index (χ0v) is 12.9. The molecule has 0 saturated carbocycles. The minimum Gasteiger partial charge on any atom is -0.345 e. The second kappa shape index (κ2) is 7.67. The predicted molar refractivity (Wildman–Crippen MR) is 86.5 cm³/mol. The average molecular weight is 288 g/mol. The fourth-order valence-corrected chi connectivity index (χ4v) is 2.23. The van der Waals surface area contributed by atoms with Gasteiger partial charge >= 0.3 is 6.03 Å². The number of H-pyrrole nitrogens is 1. The van der Waals surface area contributed by atoms with E-state index in [0.717, 1.165) is 55.5 Å². The Hall–Kier alpha value is -2.04. The fraction of sp³-hybridized carbons (Fsp3) is 0.500. The van der Waals surface area contributed by atoms with E-state index in [1.807, 2.05) is 23.1 Å². The van der Waals surface area contributed by atoms with Gasteiger partial charge in [0.05, 0.1) is 17.4 Å². The molecule has 0 aliphatic rings. The molecule has 0 bridgehead atoms. The molecule has 5 heteroatoms. The number of fused-ring (bicyclic) bond motifs is 1. The highest BCUT2D eigenvalue weighted by atomic mass is 16.2. The molecule has 1 aromatic heterocycles. The lowest BCUT2D eigenvalue weighted by Gasteiger charge is -2.22. The number of anilines is 1. The van der Waals surface area contributed by atoms with Crippen molar-refractivity contribution in [1.82, 2.24) is 14.9 Å². The molecule has 5 nitrogen and oxygen atoms in total. The van der Waals surface area contributed by atoms with Crippen LogP contribution in [-0.2, 0) is 0 Å². The fourth-order valence-electron chi connectivity index (χ4n) is 2.23. The van der Waals surface area contributed by atoms with Crippen molar-refractivity contribution in [3.63, 3.8) is 0 Å². The van der Waals surface area contributed by atoms with Gasteiger partial charge in [0.15, 0.2) is 0 Å². The van der Waals surface area contributed by atoms with Crippen LogP contribution in [0.5, 0.6) is 0 Å². The molecule has 0 saturated heterocycles. The summed E-state index contributed by atoms with van der Waals surface area (Å²) in [6.07, 6.45) is 5.92. The third-order valence-corrected chi connectivity index (χ3v) is 3.52. The average Bonchev–Trinajstić information content (AvgIpc) is 2.95. The van der Waals surface area contributed by atoms with Gasteiger partial charge in [0, 0.05) is 18.8 Å². The highest BCUT2D eigenvalue weighted by Crippen LogP contribution is 2.16. The number of imidazole rings is 1. The maximum atomic E-state index is 12.4. The molecule has 0 fully saturated rings. The zero-order chi connectivity index (χ0) is 15.1. The molecule has 0 atom stereocenters. The van der Waals surface area contributed by atoms with Crippen LogP contribution in [-0.4, -0.2) is 34.0 Å². The van der Waals surface area contributed by atoms with Crippen molar-refractivity contribution in [2.24, 2.45) is 0 Å². The first kappa shape index (κ1) is 15.4. The van der Waals surface area contributed by atoms with Gasteiger partial charge < -0.3 is 15.2 Å². The van der Waals surface area contributed by atoms with E-state index in [2.05, 4.69) is 29.1 Å². The Bertz CT molecular complexity index is 570. The summed E-state index contributed by atoms with van der Waals surface area (Å²) in [5.41, 5.74) is 2.64. The SMILES string of the molecule is CCCCN(CCCC)C(=O)Nc1ccc2nc[nH]c2c1. The number of nitrogens with zero attached hydrogens (tertiary/aromatic N) is 2. The number of amides is 2. The number of urea groups is 1. The lowest BCUT2D eigenvalue weighted by Crippen LogP contribution is -2.36. The first-order valence-electron chi connectivity index (χ1n) is 7.73. The van der Waals surface area contributed by atoms with Crippen LogP contribution in [0.1, 0.15) is 39.5 Å². The third-order valence-electron chi connectivity index (χ3n) is 3.52. The Kier molecular flexibility index (Phi) is 5.60. The molecule has 0 unspecified atom stereocenters. The monoisotopic (exact) mass is 288 g/mol. The molecule has 2 aromatic rings. The van der Waals surface area contributed by atoms with Gasteiger partial charge in [0.25, 0.3) is 0 Å². The number of hydrogen-bond donors (Lipinski definition) is 2. The van der Waals surface area contributed by atoms with E-state index in [9.17, 15) is 4.79 Å². The van der Waals surface area contributed by atoms with Crippen LogP contribution in [0.3, 0.4) is 0 Å². The highest BCUT2D eigenvalue weighted by molar-refractivity contribution is 5.91. The van der Waals surface area contributed by atoms with E-state index in [0.29, 0.717) is 0 Å². The summed E-state index contributed by atoms with van der Waals surface area (Å²) >= 11 is 0. The Morgan fingerprint density at radius 2 is 1.95 bits per heavy atom. The maximum Gasteiger partial charge on any atom is 0.321 e. The standard InChI is InChI=1S/C16H24N4O/c1-3-5-9-20(10-6-4-2)16(21)19-13-7-8-14-15(11-13)18-12-17-14/h7-8,11-12H,3-6,9-10H2,1-2H3,(H,17,18)(H,19,21). The van der Waals surface area contributed by atoms with Crippen molar-refractivity contribution in [3.05, 3.63) is 24.5 Å². The lowest BCUT2D eigenvalue weighted by molar-refractivity contribution is 0.210. The number of carbonyl (C=O) groups is 1. The number of aromatic nitrogens is 2. The number of unbranched alkanes of at least 4 members (excludes halogenated alkanes) is 2. The lowest BCUT2D eigenvalue weighted by atomic mass is 10.2. The van der Waals surface area contributed by atoms with Gasteiger partial charge in [-0.2, -0.15) is 0 Å². The van der Waals surface area contributed by atoms with E-state index < -0.39 is 0 Å². The quantitative estimate of drug-likeness (QED) is 0.809. The van der Waals surface area contributed by atoms with Crippen molar-refractivity contribution >= 4 is 22.8 Å². The minimum atomic E-state index is -0.0178. The Morgan fingerprint density at radius 1 is 1.24 bits per heavy atom. The van der Waals surface area contributed by atoms with Gasteiger partial charge in [-0.15, -0.1) is 0 Å². The second-order valence-corrected chi connectivity index (χ2v) is 5.26. The molecular weight excluding hydrogens is 264 g/mol. The summed E-state index contributed by atoms with van der Waals surface area (Å²) in [6.45, 7) is 5.91. The number of nitrogens with one attached hydrogen (secondary N) is 2. The van der Waals surface area contributed by atoms with Gasteiger partial charge in [0.1, 0.15) is 0 Å². The summed E-state index contributed by atoms with van der Waals surface area (Å²) < 4.78 is 0. The topological polar surface area (TPSA) is 61.0 Å². The minimum absolute atomic E-state index is 0.0178. The first-order valence-corrected chi connectivity index (χ1v) is 7.73. The maximum absolute atomic E-state index is 12.4. The van der Waals surface area contributed by atoms with Crippen molar-refractivity contribution < 1.29 is 4.79 Å². The van der Waals surface area contributed by atoms with Crippen LogP contribution in [0, 0.1) is 0 Å². The number of aromatic amines is 1. The van der Waals surface area contributed by atoms with Gasteiger partial charge in [-0.25, -0.2) is 9.78 Å². The Balaban J connectivity index is 2.01. The summed E-state index contributed by atoms with van der Waals surface area (Å²) in [5.74, 6) is 0. The first-order chi connectivity index (χ1) is 10.2. The van der Waals surface area contributed by atoms with Crippen molar-refractivity contribution in [3.8, 4) is 0 Å². The van der Waals surface area contributed by atoms with Gasteiger partial charge in [-0.3, -0.25) is 0 Å². The van der Waals surface area contributed by atoms with Crippen LogP contribution < -0.4 is 5.32 Å².